The van der Waals surface area contributed by atoms with E-state index in [0.717, 1.165) is 5.56 Å². The lowest BCUT2D eigenvalue weighted by Gasteiger charge is -2.13. The molecule has 0 saturated heterocycles. The summed E-state index contributed by atoms with van der Waals surface area (Å²) in [4.78, 5) is 10.9. The molecule has 0 fully saturated rings. The van der Waals surface area contributed by atoms with E-state index in [0.29, 0.717) is 5.75 Å². The SMILES string of the molecule is COc1cc(C(=O)O)ccc1C(C)C=CC=C(C)C. The lowest BCUT2D eigenvalue weighted by molar-refractivity contribution is 0.0696. The molecule has 0 saturated carbocycles. The van der Waals surface area contributed by atoms with Crippen molar-refractivity contribution in [2.75, 3.05) is 7.11 Å². The maximum atomic E-state index is 10.9. The normalized spacial score (nSPS) is 12.2. The van der Waals surface area contributed by atoms with Crippen LogP contribution in [0, 0.1) is 0 Å². The van der Waals surface area contributed by atoms with Gasteiger partial charge in [0.05, 0.1) is 12.7 Å². The highest BCUT2D eigenvalue weighted by molar-refractivity contribution is 5.88. The number of carbonyl (C=O) groups is 1. The Morgan fingerprint density at radius 3 is 2.58 bits per heavy atom. The minimum absolute atomic E-state index is 0.161. The third kappa shape index (κ3) is 4.28. The van der Waals surface area contributed by atoms with E-state index < -0.39 is 5.97 Å². The Hall–Kier alpha value is -2.03. The summed E-state index contributed by atoms with van der Waals surface area (Å²) in [5, 5.41) is 8.96. The molecule has 19 heavy (non-hydrogen) atoms. The highest BCUT2D eigenvalue weighted by Gasteiger charge is 2.12. The van der Waals surface area contributed by atoms with E-state index >= 15 is 0 Å². The minimum atomic E-state index is -0.947. The van der Waals surface area contributed by atoms with Crippen LogP contribution in [0.15, 0.2) is 42.0 Å². The van der Waals surface area contributed by atoms with Crippen molar-refractivity contribution < 1.29 is 14.6 Å². The topological polar surface area (TPSA) is 46.5 Å². The molecule has 0 amide bonds. The molecular formula is C16H20O3. The zero-order chi connectivity index (χ0) is 14.4. The quantitative estimate of drug-likeness (QED) is 0.813. The van der Waals surface area contributed by atoms with E-state index in [1.54, 1.807) is 25.3 Å². The highest BCUT2D eigenvalue weighted by Crippen LogP contribution is 2.28. The smallest absolute Gasteiger partial charge is 0.335 e. The molecular weight excluding hydrogens is 240 g/mol. The van der Waals surface area contributed by atoms with Crippen LogP contribution in [-0.4, -0.2) is 18.2 Å². The number of methoxy groups -OCH3 is 1. The van der Waals surface area contributed by atoms with Crippen LogP contribution in [0.4, 0.5) is 0 Å². The van der Waals surface area contributed by atoms with E-state index in [9.17, 15) is 4.79 Å². The maximum Gasteiger partial charge on any atom is 0.335 e. The molecule has 3 nitrogen and oxygen atoms in total. The second-order valence-electron chi connectivity index (χ2n) is 4.68. The molecule has 0 aromatic heterocycles. The maximum absolute atomic E-state index is 10.9. The summed E-state index contributed by atoms with van der Waals surface area (Å²) >= 11 is 0. The van der Waals surface area contributed by atoms with E-state index in [2.05, 4.69) is 6.08 Å². The number of aromatic carboxylic acids is 1. The van der Waals surface area contributed by atoms with Gasteiger partial charge in [-0.2, -0.15) is 0 Å². The molecule has 0 aliphatic carbocycles. The fourth-order valence-electron chi connectivity index (χ4n) is 1.74. The van der Waals surface area contributed by atoms with Crippen LogP contribution in [0.25, 0.3) is 0 Å². The Morgan fingerprint density at radius 1 is 1.37 bits per heavy atom. The number of hydrogen-bond donors (Lipinski definition) is 1. The van der Waals surface area contributed by atoms with Crippen molar-refractivity contribution in [3.8, 4) is 5.75 Å². The van der Waals surface area contributed by atoms with Crippen molar-refractivity contribution in [2.24, 2.45) is 0 Å². The van der Waals surface area contributed by atoms with Gasteiger partial charge in [-0.15, -0.1) is 0 Å². The van der Waals surface area contributed by atoms with Gasteiger partial charge in [0.2, 0.25) is 0 Å². The zero-order valence-corrected chi connectivity index (χ0v) is 11.8. The van der Waals surface area contributed by atoms with Gasteiger partial charge in [0.15, 0.2) is 0 Å². The molecule has 1 N–H and O–H groups in total. The van der Waals surface area contributed by atoms with E-state index in [-0.39, 0.29) is 11.5 Å². The van der Waals surface area contributed by atoms with Crippen molar-refractivity contribution in [1.82, 2.24) is 0 Å². The van der Waals surface area contributed by atoms with Crippen LogP contribution in [0.5, 0.6) is 5.75 Å². The standard InChI is InChI=1S/C16H20O3/c1-11(2)6-5-7-12(3)14-9-8-13(16(17)18)10-15(14)19-4/h5-10,12H,1-4H3,(H,17,18). The molecule has 0 radical (unpaired) electrons. The van der Waals surface area contributed by atoms with Crippen molar-refractivity contribution >= 4 is 5.97 Å². The van der Waals surface area contributed by atoms with Gasteiger partial charge in [0.25, 0.3) is 0 Å². The average molecular weight is 260 g/mol. The lowest BCUT2D eigenvalue weighted by Crippen LogP contribution is -2.01. The molecule has 102 valence electrons. The Kier molecular flexibility index (Phi) is 5.37. The predicted octanol–water partition coefficient (Wildman–Crippen LogP) is 4.02. The summed E-state index contributed by atoms with van der Waals surface area (Å²) < 4.78 is 5.27. The summed E-state index contributed by atoms with van der Waals surface area (Å²) in [7, 11) is 1.55. The molecule has 1 atom stereocenters. The number of hydrogen-bond acceptors (Lipinski definition) is 2. The van der Waals surface area contributed by atoms with Crippen LogP contribution in [0.3, 0.4) is 0 Å². The summed E-state index contributed by atoms with van der Waals surface area (Å²) in [5.74, 6) is -0.180. The first kappa shape index (κ1) is 15.0. The molecule has 0 spiro atoms. The highest BCUT2D eigenvalue weighted by atomic mass is 16.5. The number of allylic oxidation sites excluding steroid dienone is 4. The van der Waals surface area contributed by atoms with Crippen LogP contribution >= 0.6 is 0 Å². The third-order valence-corrected chi connectivity index (χ3v) is 2.80. The number of ether oxygens (including phenoxy) is 1. The molecule has 0 heterocycles. The molecule has 1 unspecified atom stereocenters. The second kappa shape index (κ2) is 6.78. The van der Waals surface area contributed by atoms with Gasteiger partial charge in [-0.25, -0.2) is 4.79 Å². The first-order valence-corrected chi connectivity index (χ1v) is 6.18. The summed E-state index contributed by atoms with van der Waals surface area (Å²) in [6.45, 7) is 6.13. The monoisotopic (exact) mass is 260 g/mol. The Bertz CT molecular complexity index is 509. The molecule has 0 bridgehead atoms. The Labute approximate surface area is 114 Å². The third-order valence-electron chi connectivity index (χ3n) is 2.80. The van der Waals surface area contributed by atoms with E-state index in [4.69, 9.17) is 9.84 Å². The first-order valence-electron chi connectivity index (χ1n) is 6.18. The van der Waals surface area contributed by atoms with Crippen LogP contribution in [0.2, 0.25) is 0 Å². The zero-order valence-electron chi connectivity index (χ0n) is 11.8. The number of benzene rings is 1. The molecule has 1 rings (SSSR count). The Balaban J connectivity index is 3.03. The number of carboxylic acid groups (broad SMARTS) is 1. The lowest BCUT2D eigenvalue weighted by atomic mass is 9.98. The summed E-state index contributed by atoms with van der Waals surface area (Å²) in [6.07, 6.45) is 6.10. The molecule has 1 aromatic carbocycles. The fraction of sp³-hybridized carbons (Fsp3) is 0.312. The van der Waals surface area contributed by atoms with Crippen LogP contribution in [-0.2, 0) is 0 Å². The minimum Gasteiger partial charge on any atom is -0.496 e. The van der Waals surface area contributed by atoms with Crippen LogP contribution in [0.1, 0.15) is 42.6 Å². The first-order chi connectivity index (χ1) is 8.95. The van der Waals surface area contributed by atoms with Gasteiger partial charge in [0, 0.05) is 11.5 Å². The van der Waals surface area contributed by atoms with E-state index in [1.807, 2.05) is 32.9 Å². The average Bonchev–Trinajstić information content (AvgIpc) is 2.37. The second-order valence-corrected chi connectivity index (χ2v) is 4.68. The molecule has 0 aliphatic rings. The van der Waals surface area contributed by atoms with Gasteiger partial charge in [-0.3, -0.25) is 0 Å². The Morgan fingerprint density at radius 2 is 2.05 bits per heavy atom. The van der Waals surface area contributed by atoms with Crippen LogP contribution < -0.4 is 4.74 Å². The van der Waals surface area contributed by atoms with Gasteiger partial charge in [-0.1, -0.05) is 36.8 Å². The van der Waals surface area contributed by atoms with Crippen molar-refractivity contribution in [2.45, 2.75) is 26.7 Å². The predicted molar refractivity (Wildman–Crippen MR) is 76.9 cm³/mol. The van der Waals surface area contributed by atoms with Gasteiger partial charge < -0.3 is 9.84 Å². The van der Waals surface area contributed by atoms with Gasteiger partial charge in [-0.05, 0) is 26.0 Å². The number of rotatable bonds is 5. The largest absolute Gasteiger partial charge is 0.496 e. The molecule has 0 aliphatic heterocycles. The van der Waals surface area contributed by atoms with Gasteiger partial charge >= 0.3 is 5.97 Å². The summed E-state index contributed by atoms with van der Waals surface area (Å²) in [5.41, 5.74) is 2.45. The fourth-order valence-corrected chi connectivity index (χ4v) is 1.74. The molecule has 3 heteroatoms. The van der Waals surface area contributed by atoms with Crippen molar-refractivity contribution in [1.29, 1.82) is 0 Å². The van der Waals surface area contributed by atoms with Crippen molar-refractivity contribution in [3.63, 3.8) is 0 Å². The van der Waals surface area contributed by atoms with Gasteiger partial charge in [0.1, 0.15) is 5.75 Å². The summed E-state index contributed by atoms with van der Waals surface area (Å²) in [6, 6.07) is 4.97. The van der Waals surface area contributed by atoms with Crippen molar-refractivity contribution in [3.05, 3.63) is 53.1 Å². The number of carboxylic acids is 1. The van der Waals surface area contributed by atoms with E-state index in [1.165, 1.54) is 5.57 Å². The molecule has 1 aromatic rings.